The Morgan fingerprint density at radius 2 is 1.67 bits per heavy atom. The molecular formula is C30H34F4N2O9S. The SMILES string of the molecule is COc1cc(F)c(OC2CCC(C)(C(=O)O)CC2)cc1C(=O)N[C@H]1C[C@H](OC)C[C@H]1C(=O)Nc1cccc(S(=O)(=O)C(F)(F)F)c1. The minimum atomic E-state index is -5.66. The van der Waals surface area contributed by atoms with E-state index in [1.807, 2.05) is 0 Å². The van der Waals surface area contributed by atoms with Crippen molar-refractivity contribution in [3.63, 3.8) is 0 Å². The molecule has 0 aliphatic heterocycles. The van der Waals surface area contributed by atoms with Gasteiger partial charge < -0.3 is 30.0 Å². The zero-order valence-corrected chi connectivity index (χ0v) is 26.0. The number of carbonyl (C=O) groups excluding carboxylic acids is 2. The van der Waals surface area contributed by atoms with Gasteiger partial charge >= 0.3 is 11.5 Å². The molecule has 4 rings (SSSR count). The molecule has 0 heterocycles. The molecular weight excluding hydrogens is 640 g/mol. The highest BCUT2D eigenvalue weighted by Crippen LogP contribution is 2.39. The number of hydrogen-bond donors (Lipinski definition) is 3. The summed E-state index contributed by atoms with van der Waals surface area (Å²) in [7, 11) is -3.01. The number of halogens is 4. The Balaban J connectivity index is 1.51. The van der Waals surface area contributed by atoms with E-state index in [1.165, 1.54) is 26.4 Å². The van der Waals surface area contributed by atoms with Gasteiger partial charge in [0.05, 0.1) is 41.1 Å². The van der Waals surface area contributed by atoms with E-state index in [2.05, 4.69) is 10.6 Å². The van der Waals surface area contributed by atoms with Crippen molar-refractivity contribution in [1.29, 1.82) is 0 Å². The number of alkyl halides is 3. The summed E-state index contributed by atoms with van der Waals surface area (Å²) < 4.78 is 94.2. The number of nitrogens with one attached hydrogen (secondary N) is 2. The normalized spacial score (nSPS) is 25.0. The summed E-state index contributed by atoms with van der Waals surface area (Å²) in [5.74, 6) is -4.45. The number of rotatable bonds is 10. The fourth-order valence-corrected chi connectivity index (χ4v) is 6.51. The van der Waals surface area contributed by atoms with Crippen molar-refractivity contribution in [3.8, 4) is 11.5 Å². The van der Waals surface area contributed by atoms with Gasteiger partial charge in [-0.3, -0.25) is 14.4 Å². The van der Waals surface area contributed by atoms with Crippen LogP contribution < -0.4 is 20.1 Å². The van der Waals surface area contributed by atoms with Crippen molar-refractivity contribution in [3.05, 3.63) is 47.8 Å². The number of anilines is 1. The number of ether oxygens (including phenoxy) is 3. The number of sulfone groups is 1. The van der Waals surface area contributed by atoms with Gasteiger partial charge in [-0.25, -0.2) is 12.8 Å². The lowest BCUT2D eigenvalue weighted by Crippen LogP contribution is -2.42. The van der Waals surface area contributed by atoms with Crippen LogP contribution in [0.4, 0.5) is 23.2 Å². The van der Waals surface area contributed by atoms with E-state index < -0.39 is 73.4 Å². The smallest absolute Gasteiger partial charge is 0.496 e. The first-order valence-corrected chi connectivity index (χ1v) is 15.8. The van der Waals surface area contributed by atoms with Gasteiger partial charge in [-0.1, -0.05) is 6.07 Å². The molecule has 2 aliphatic rings. The molecule has 0 unspecified atom stereocenters. The average molecular weight is 675 g/mol. The molecule has 0 aromatic heterocycles. The molecule has 2 aromatic carbocycles. The molecule has 2 fully saturated rings. The predicted molar refractivity (Wildman–Crippen MR) is 155 cm³/mol. The maximum absolute atomic E-state index is 15.0. The third-order valence-corrected chi connectivity index (χ3v) is 10.1. The second kappa shape index (κ2) is 13.4. The number of aliphatic carboxylic acids is 1. The largest absolute Gasteiger partial charge is 0.501 e. The van der Waals surface area contributed by atoms with Gasteiger partial charge in [0.25, 0.3) is 15.7 Å². The van der Waals surface area contributed by atoms with Crippen LogP contribution in [0.3, 0.4) is 0 Å². The van der Waals surface area contributed by atoms with Gasteiger partial charge in [-0.05, 0) is 69.7 Å². The first-order chi connectivity index (χ1) is 21.5. The van der Waals surface area contributed by atoms with Gasteiger partial charge in [-0.15, -0.1) is 0 Å². The summed E-state index contributed by atoms with van der Waals surface area (Å²) in [4.78, 5) is 37.3. The summed E-state index contributed by atoms with van der Waals surface area (Å²) in [5, 5.41) is 14.6. The molecule has 2 aliphatic carbocycles. The molecule has 16 heteroatoms. The Bertz CT molecular complexity index is 1590. The lowest BCUT2D eigenvalue weighted by atomic mass is 9.75. The average Bonchev–Trinajstić information content (AvgIpc) is 3.41. The maximum atomic E-state index is 15.0. The monoisotopic (exact) mass is 674 g/mol. The van der Waals surface area contributed by atoms with E-state index in [9.17, 15) is 45.5 Å². The topological polar surface area (TPSA) is 157 Å². The minimum Gasteiger partial charge on any atom is -0.496 e. The fourth-order valence-electron chi connectivity index (χ4n) is 5.70. The summed E-state index contributed by atoms with van der Waals surface area (Å²) in [5.41, 5.74) is -6.74. The molecule has 2 aromatic rings. The number of amides is 2. The van der Waals surface area contributed by atoms with Crippen molar-refractivity contribution in [2.45, 2.75) is 74.1 Å². The fraction of sp³-hybridized carbons (Fsp3) is 0.500. The Kier molecular flexibility index (Phi) is 10.2. The van der Waals surface area contributed by atoms with E-state index in [0.717, 1.165) is 18.2 Å². The van der Waals surface area contributed by atoms with E-state index in [4.69, 9.17) is 14.2 Å². The van der Waals surface area contributed by atoms with E-state index in [0.29, 0.717) is 31.7 Å². The van der Waals surface area contributed by atoms with Crippen molar-refractivity contribution in [2.24, 2.45) is 11.3 Å². The minimum absolute atomic E-state index is 0.102. The van der Waals surface area contributed by atoms with Crippen LogP contribution in [0.1, 0.15) is 55.8 Å². The summed E-state index contributed by atoms with van der Waals surface area (Å²) in [6, 6.07) is 5.03. The number of hydrogen-bond acceptors (Lipinski definition) is 8. The van der Waals surface area contributed by atoms with Crippen LogP contribution in [0, 0.1) is 17.2 Å². The zero-order chi connectivity index (χ0) is 34.0. The Hall–Kier alpha value is -3.92. The standard InChI is InChI=1S/C30H34F4N2O9S/c1-29(28(39)40)9-7-17(8-10-29)45-25-14-21(24(44-3)15-22(25)31)27(38)36-23-13-18(43-2)12-20(23)26(37)35-16-5-4-6-19(11-16)46(41,42)30(32,33)34/h4-6,11,14-15,17-18,20,23H,7-10,12-13H2,1-3H3,(H,35,37)(H,36,38)(H,39,40)/t17?,18-,20-,23+,29?/m1/s1. The number of methoxy groups -OCH3 is 2. The van der Waals surface area contributed by atoms with Gasteiger partial charge in [-0.2, -0.15) is 13.2 Å². The van der Waals surface area contributed by atoms with Crippen LogP contribution >= 0.6 is 0 Å². The van der Waals surface area contributed by atoms with Crippen LogP contribution in [-0.4, -0.2) is 69.3 Å². The van der Waals surface area contributed by atoms with Crippen molar-refractivity contribution in [1.82, 2.24) is 5.32 Å². The van der Waals surface area contributed by atoms with Crippen LogP contribution in [0.5, 0.6) is 11.5 Å². The highest BCUT2D eigenvalue weighted by atomic mass is 32.2. The van der Waals surface area contributed by atoms with Crippen LogP contribution in [-0.2, 0) is 24.2 Å². The summed E-state index contributed by atoms with van der Waals surface area (Å²) >= 11 is 0. The van der Waals surface area contributed by atoms with Crippen molar-refractivity contribution < 1.29 is 59.7 Å². The van der Waals surface area contributed by atoms with Crippen molar-refractivity contribution in [2.75, 3.05) is 19.5 Å². The van der Waals surface area contributed by atoms with Gasteiger partial charge in [0.1, 0.15) is 5.75 Å². The lowest BCUT2D eigenvalue weighted by molar-refractivity contribution is -0.150. The second-order valence-corrected chi connectivity index (χ2v) is 13.6. The number of benzene rings is 2. The van der Waals surface area contributed by atoms with Gasteiger partial charge in [0.15, 0.2) is 11.6 Å². The molecule has 3 atom stereocenters. The zero-order valence-electron chi connectivity index (χ0n) is 25.1. The molecule has 252 valence electrons. The third kappa shape index (κ3) is 7.38. The van der Waals surface area contributed by atoms with Crippen LogP contribution in [0.15, 0.2) is 41.3 Å². The Morgan fingerprint density at radius 1 is 1.00 bits per heavy atom. The van der Waals surface area contributed by atoms with Crippen molar-refractivity contribution >= 4 is 33.3 Å². The van der Waals surface area contributed by atoms with Crippen LogP contribution in [0.2, 0.25) is 0 Å². The molecule has 3 N–H and O–H groups in total. The van der Waals surface area contributed by atoms with E-state index in [1.54, 1.807) is 6.92 Å². The number of carboxylic acid groups (broad SMARTS) is 1. The highest BCUT2D eigenvalue weighted by molar-refractivity contribution is 7.92. The first-order valence-electron chi connectivity index (χ1n) is 14.3. The molecule has 0 radical (unpaired) electrons. The number of carboxylic acids is 1. The second-order valence-electron chi connectivity index (χ2n) is 11.6. The third-order valence-electron chi connectivity index (χ3n) is 8.57. The maximum Gasteiger partial charge on any atom is 0.501 e. The predicted octanol–water partition coefficient (Wildman–Crippen LogP) is 4.70. The molecule has 0 saturated heterocycles. The quantitative estimate of drug-likeness (QED) is 0.304. The van der Waals surface area contributed by atoms with Gasteiger partial charge in [0, 0.05) is 24.9 Å². The first kappa shape index (κ1) is 34.9. The molecule has 0 bridgehead atoms. The Labute approximate surface area is 262 Å². The number of carbonyl (C=O) groups is 3. The lowest BCUT2D eigenvalue weighted by Gasteiger charge is -2.34. The van der Waals surface area contributed by atoms with E-state index >= 15 is 0 Å². The molecule has 11 nitrogen and oxygen atoms in total. The van der Waals surface area contributed by atoms with Crippen LogP contribution in [0.25, 0.3) is 0 Å². The highest BCUT2D eigenvalue weighted by Gasteiger charge is 2.47. The Morgan fingerprint density at radius 3 is 2.26 bits per heavy atom. The molecule has 46 heavy (non-hydrogen) atoms. The molecule has 0 spiro atoms. The molecule has 2 amide bonds. The molecule has 2 saturated carbocycles. The van der Waals surface area contributed by atoms with Gasteiger partial charge in [0.2, 0.25) is 5.91 Å². The summed E-state index contributed by atoms with van der Waals surface area (Å²) in [6.45, 7) is 1.64. The van der Waals surface area contributed by atoms with E-state index in [-0.39, 0.29) is 35.6 Å². The summed E-state index contributed by atoms with van der Waals surface area (Å²) in [6.07, 6.45) is 0.713.